The van der Waals surface area contributed by atoms with Gasteiger partial charge in [0.05, 0.1) is 5.75 Å². The molecule has 1 unspecified atom stereocenters. The second-order valence-corrected chi connectivity index (χ2v) is 9.85. The normalized spacial score (nSPS) is 40.6. The predicted octanol–water partition coefficient (Wildman–Crippen LogP) is 1.75. The van der Waals surface area contributed by atoms with Crippen molar-refractivity contribution in [2.75, 3.05) is 12.0 Å². The molecule has 4 aliphatic carbocycles. The molecule has 1 atom stereocenters. The Morgan fingerprint density at radius 1 is 1.15 bits per heavy atom. The molecule has 1 N–H and O–H groups in total. The lowest BCUT2D eigenvalue weighted by Gasteiger charge is -2.55. The third kappa shape index (κ3) is 2.74. The Labute approximate surface area is 121 Å². The van der Waals surface area contributed by atoms with Crippen LogP contribution in [0.4, 0.5) is 0 Å². The molecule has 4 saturated carbocycles. The van der Waals surface area contributed by atoms with Crippen LogP contribution in [0.1, 0.15) is 45.4 Å². The van der Waals surface area contributed by atoms with Gasteiger partial charge in [-0.25, -0.2) is 8.42 Å². The Morgan fingerprint density at radius 3 is 2.00 bits per heavy atom. The molecule has 4 fully saturated rings. The lowest BCUT2D eigenvalue weighted by molar-refractivity contribution is -0.146. The molecule has 4 rings (SSSR count). The van der Waals surface area contributed by atoms with Crippen LogP contribution >= 0.6 is 0 Å². The summed E-state index contributed by atoms with van der Waals surface area (Å²) < 4.78 is 22.6. The van der Waals surface area contributed by atoms with Gasteiger partial charge in [-0.1, -0.05) is 0 Å². The summed E-state index contributed by atoms with van der Waals surface area (Å²) in [5.41, 5.74) is -0.180. The van der Waals surface area contributed by atoms with Gasteiger partial charge in [0, 0.05) is 17.7 Å². The highest BCUT2D eigenvalue weighted by molar-refractivity contribution is 7.90. The Morgan fingerprint density at radius 2 is 1.60 bits per heavy atom. The quantitative estimate of drug-likeness (QED) is 0.860. The number of hydrogen-bond donors (Lipinski definition) is 1. The highest BCUT2D eigenvalue weighted by Gasteiger charge is 2.54. The largest absolute Gasteiger partial charge is 0.352 e. The first kappa shape index (κ1) is 14.4. The number of sulfone groups is 1. The van der Waals surface area contributed by atoms with Crippen LogP contribution in [0.3, 0.4) is 0 Å². The third-order valence-electron chi connectivity index (χ3n) is 5.45. The molecule has 0 aromatic heterocycles. The van der Waals surface area contributed by atoms with Crippen LogP contribution in [0.15, 0.2) is 0 Å². The van der Waals surface area contributed by atoms with Crippen molar-refractivity contribution in [3.8, 4) is 0 Å². The highest BCUT2D eigenvalue weighted by Crippen LogP contribution is 2.60. The van der Waals surface area contributed by atoms with E-state index in [1.165, 1.54) is 25.5 Å². The number of carbonyl (C=O) groups excluding carboxylic acids is 1. The summed E-state index contributed by atoms with van der Waals surface area (Å²) in [6, 6.07) is -0.287. The molecule has 4 aliphatic rings. The maximum Gasteiger partial charge on any atom is 0.226 e. The minimum atomic E-state index is -3.04. The minimum absolute atomic E-state index is 0.0328. The molecule has 1 amide bonds. The van der Waals surface area contributed by atoms with Gasteiger partial charge < -0.3 is 5.32 Å². The van der Waals surface area contributed by atoms with Gasteiger partial charge >= 0.3 is 0 Å². The number of nitrogens with one attached hydrogen (secondary N) is 1. The standard InChI is InChI=1S/C15H25NO3S/c1-10(9-20(2,18)19)16-14(17)15-6-11-3-12(7-15)5-13(4-11)8-15/h10-13H,3-9H2,1-2H3,(H,16,17). The van der Waals surface area contributed by atoms with E-state index in [9.17, 15) is 13.2 Å². The van der Waals surface area contributed by atoms with Gasteiger partial charge in [-0.3, -0.25) is 4.79 Å². The van der Waals surface area contributed by atoms with Crippen LogP contribution in [0, 0.1) is 23.2 Å². The van der Waals surface area contributed by atoms with Gasteiger partial charge in [-0.2, -0.15) is 0 Å². The van der Waals surface area contributed by atoms with E-state index in [1.54, 1.807) is 6.92 Å². The van der Waals surface area contributed by atoms with Crippen molar-refractivity contribution in [3.05, 3.63) is 0 Å². The van der Waals surface area contributed by atoms with Gasteiger partial charge in [0.15, 0.2) is 0 Å². The monoisotopic (exact) mass is 299 g/mol. The average molecular weight is 299 g/mol. The van der Waals surface area contributed by atoms with Crippen LogP contribution in [0.25, 0.3) is 0 Å². The third-order valence-corrected chi connectivity index (χ3v) is 6.56. The summed E-state index contributed by atoms with van der Waals surface area (Å²) in [7, 11) is -3.04. The number of carbonyl (C=O) groups is 1. The van der Waals surface area contributed by atoms with Crippen LogP contribution < -0.4 is 5.32 Å². The van der Waals surface area contributed by atoms with Crippen LogP contribution in [0.5, 0.6) is 0 Å². The van der Waals surface area contributed by atoms with Gasteiger partial charge in [-0.15, -0.1) is 0 Å². The zero-order chi connectivity index (χ0) is 14.5. The minimum Gasteiger partial charge on any atom is -0.352 e. The van der Waals surface area contributed by atoms with Gasteiger partial charge in [-0.05, 0) is 63.2 Å². The van der Waals surface area contributed by atoms with E-state index in [0.29, 0.717) is 0 Å². The molecule has 4 bridgehead atoms. The van der Waals surface area contributed by atoms with Gasteiger partial charge in [0.25, 0.3) is 0 Å². The lowest BCUT2D eigenvalue weighted by Crippen LogP contribution is -2.55. The smallest absolute Gasteiger partial charge is 0.226 e. The number of hydrogen-bond acceptors (Lipinski definition) is 3. The maximum absolute atomic E-state index is 12.7. The molecule has 0 radical (unpaired) electrons. The molecule has 0 aromatic carbocycles. The van der Waals surface area contributed by atoms with Gasteiger partial charge in [0.2, 0.25) is 5.91 Å². The van der Waals surface area contributed by atoms with Crippen LogP contribution in [-0.4, -0.2) is 32.4 Å². The van der Waals surface area contributed by atoms with Crippen molar-refractivity contribution < 1.29 is 13.2 Å². The topological polar surface area (TPSA) is 63.2 Å². The fourth-order valence-electron chi connectivity index (χ4n) is 5.26. The Hall–Kier alpha value is -0.580. The summed E-state index contributed by atoms with van der Waals surface area (Å²) >= 11 is 0. The molecule has 0 saturated heterocycles. The molecule has 20 heavy (non-hydrogen) atoms. The Bertz CT molecular complexity index is 476. The Balaban J connectivity index is 1.68. The van der Waals surface area contributed by atoms with Crippen molar-refractivity contribution in [2.24, 2.45) is 23.2 Å². The second kappa shape index (κ2) is 4.72. The molecule has 0 spiro atoms. The van der Waals surface area contributed by atoms with Gasteiger partial charge in [0.1, 0.15) is 9.84 Å². The van der Waals surface area contributed by atoms with E-state index in [-0.39, 0.29) is 23.1 Å². The number of rotatable bonds is 4. The van der Waals surface area contributed by atoms with Crippen LogP contribution in [-0.2, 0) is 14.6 Å². The van der Waals surface area contributed by atoms with E-state index in [4.69, 9.17) is 0 Å². The van der Waals surface area contributed by atoms with Crippen LogP contribution in [0.2, 0.25) is 0 Å². The number of amides is 1. The zero-order valence-electron chi connectivity index (χ0n) is 12.4. The summed E-state index contributed by atoms with van der Waals surface area (Å²) in [4.78, 5) is 12.7. The second-order valence-electron chi connectivity index (χ2n) is 7.66. The fraction of sp³-hybridized carbons (Fsp3) is 0.933. The lowest BCUT2D eigenvalue weighted by atomic mass is 9.49. The van der Waals surface area contributed by atoms with E-state index in [2.05, 4.69) is 5.32 Å². The molecule has 4 nitrogen and oxygen atoms in total. The zero-order valence-corrected chi connectivity index (χ0v) is 13.2. The average Bonchev–Trinajstić information content (AvgIpc) is 2.23. The van der Waals surface area contributed by atoms with E-state index >= 15 is 0 Å². The maximum atomic E-state index is 12.7. The Kier molecular flexibility index (Phi) is 3.39. The first-order valence-corrected chi connectivity index (χ1v) is 9.80. The van der Waals surface area contributed by atoms with E-state index in [1.807, 2.05) is 0 Å². The fourth-order valence-corrected chi connectivity index (χ4v) is 6.25. The van der Waals surface area contributed by atoms with Crippen molar-refractivity contribution in [1.29, 1.82) is 0 Å². The SMILES string of the molecule is CC(CS(C)(=O)=O)NC(=O)C12CC3CC(CC(C3)C1)C2. The molecular weight excluding hydrogens is 274 g/mol. The predicted molar refractivity (Wildman–Crippen MR) is 77.9 cm³/mol. The first-order chi connectivity index (χ1) is 9.26. The molecule has 0 heterocycles. The highest BCUT2D eigenvalue weighted by atomic mass is 32.2. The molecule has 114 valence electrons. The summed E-state index contributed by atoms with van der Waals surface area (Å²) in [5.74, 6) is 2.35. The summed E-state index contributed by atoms with van der Waals surface area (Å²) in [6.45, 7) is 1.79. The molecule has 5 heteroatoms. The van der Waals surface area contributed by atoms with Crippen molar-refractivity contribution >= 4 is 15.7 Å². The molecule has 0 aromatic rings. The summed E-state index contributed by atoms with van der Waals surface area (Å²) in [6.07, 6.45) is 8.23. The first-order valence-electron chi connectivity index (χ1n) is 7.74. The molecular formula is C15H25NO3S. The summed E-state index contributed by atoms with van der Waals surface area (Å²) in [5, 5.41) is 2.98. The van der Waals surface area contributed by atoms with Crippen molar-refractivity contribution in [3.63, 3.8) is 0 Å². The van der Waals surface area contributed by atoms with E-state index < -0.39 is 9.84 Å². The molecule has 0 aliphatic heterocycles. The van der Waals surface area contributed by atoms with E-state index in [0.717, 1.165) is 37.0 Å². The van der Waals surface area contributed by atoms with Crippen molar-refractivity contribution in [1.82, 2.24) is 5.32 Å². The van der Waals surface area contributed by atoms with Crippen molar-refractivity contribution in [2.45, 2.75) is 51.5 Å².